The van der Waals surface area contributed by atoms with Crippen molar-refractivity contribution in [2.24, 2.45) is 0 Å². The Hall–Kier alpha value is 0.0331. The van der Waals surface area contributed by atoms with Crippen LogP contribution in [0.15, 0.2) is 42.5 Å². The van der Waals surface area contributed by atoms with E-state index in [1.165, 1.54) is 11.1 Å². The minimum atomic E-state index is -4.02. The van der Waals surface area contributed by atoms with Gasteiger partial charge in [0.05, 0.1) is 0 Å². The summed E-state index contributed by atoms with van der Waals surface area (Å²) in [6.07, 6.45) is 12.2. The van der Waals surface area contributed by atoms with Gasteiger partial charge in [0.2, 0.25) is 0 Å². The summed E-state index contributed by atoms with van der Waals surface area (Å²) in [5, 5.41) is 0. The van der Waals surface area contributed by atoms with Gasteiger partial charge in [-0.05, 0) is 0 Å². The molecule has 0 nitrogen and oxygen atoms in total. The van der Waals surface area contributed by atoms with Crippen LogP contribution >= 0.6 is 17.0 Å². The molecule has 0 fully saturated rings. The topological polar surface area (TPSA) is 0 Å². The number of allylic oxidation sites excluding steroid dienone is 3. The van der Waals surface area contributed by atoms with Gasteiger partial charge in [-0.3, -0.25) is 0 Å². The fourth-order valence-electron chi connectivity index (χ4n) is 3.72. The van der Waals surface area contributed by atoms with Gasteiger partial charge >= 0.3 is 130 Å². The second kappa shape index (κ2) is 5.34. The van der Waals surface area contributed by atoms with Gasteiger partial charge in [0.15, 0.2) is 0 Å². The van der Waals surface area contributed by atoms with Crippen molar-refractivity contribution in [3.05, 3.63) is 53.6 Å². The van der Waals surface area contributed by atoms with Gasteiger partial charge in [0.1, 0.15) is 0 Å². The predicted molar refractivity (Wildman–Crippen MR) is 88.4 cm³/mol. The number of rotatable bonds is 3. The summed E-state index contributed by atoms with van der Waals surface area (Å²) in [6, 6.07) is 8.53. The first-order valence-corrected chi connectivity index (χ1v) is 18.0. The Kier molecular flexibility index (Phi) is 3.99. The van der Waals surface area contributed by atoms with Crippen molar-refractivity contribution in [2.45, 2.75) is 33.4 Å². The molecule has 3 rings (SSSR count). The average molecular weight is 386 g/mol. The van der Waals surface area contributed by atoms with Crippen LogP contribution in [0.3, 0.4) is 0 Å². The van der Waals surface area contributed by atoms with E-state index in [4.69, 9.17) is 17.0 Å². The quantitative estimate of drug-likeness (QED) is 0.551. The van der Waals surface area contributed by atoms with E-state index in [9.17, 15) is 0 Å². The van der Waals surface area contributed by atoms with E-state index < -0.39 is 15.9 Å². The maximum absolute atomic E-state index is 7.35. The van der Waals surface area contributed by atoms with Gasteiger partial charge in [-0.15, -0.1) is 0 Å². The molecule has 1 aromatic carbocycles. The van der Waals surface area contributed by atoms with Crippen LogP contribution in [0.4, 0.5) is 0 Å². The van der Waals surface area contributed by atoms with Crippen molar-refractivity contribution >= 4 is 26.8 Å². The van der Waals surface area contributed by atoms with Crippen molar-refractivity contribution in [2.75, 3.05) is 0 Å². The van der Waals surface area contributed by atoms with E-state index in [0.29, 0.717) is 3.63 Å². The van der Waals surface area contributed by atoms with Gasteiger partial charge in [0.25, 0.3) is 0 Å². The Balaban J connectivity index is 2.16. The fourth-order valence-corrected chi connectivity index (χ4v) is 20.6. The zero-order valence-electron chi connectivity index (χ0n) is 11.7. The second-order valence-electron chi connectivity index (χ2n) is 5.92. The van der Waals surface area contributed by atoms with Gasteiger partial charge in [-0.25, -0.2) is 0 Å². The van der Waals surface area contributed by atoms with Crippen LogP contribution in [0.2, 0.25) is 3.63 Å². The third kappa shape index (κ3) is 2.27. The van der Waals surface area contributed by atoms with E-state index >= 15 is 0 Å². The minimum absolute atomic E-state index is 0.226. The van der Waals surface area contributed by atoms with Gasteiger partial charge in [-0.2, -0.15) is 0 Å². The van der Waals surface area contributed by atoms with Gasteiger partial charge in [0, 0.05) is 0 Å². The summed E-state index contributed by atoms with van der Waals surface area (Å²) >= 11 is -4.02. The summed E-state index contributed by atoms with van der Waals surface area (Å²) in [4.78, 5) is 0. The number of benzene rings is 1. The molecule has 0 aromatic heterocycles. The Bertz CT molecular complexity index is 649. The van der Waals surface area contributed by atoms with E-state index in [-0.39, 0.29) is 3.63 Å². The first-order chi connectivity index (χ1) is 9.55. The summed E-state index contributed by atoms with van der Waals surface area (Å²) < 4.78 is 2.91. The van der Waals surface area contributed by atoms with Gasteiger partial charge in [-0.1, -0.05) is 0 Å². The molecule has 0 saturated carbocycles. The van der Waals surface area contributed by atoms with Crippen LogP contribution in [-0.2, 0) is 15.9 Å². The zero-order chi connectivity index (χ0) is 14.2. The Morgan fingerprint density at radius 2 is 2.05 bits per heavy atom. The molecule has 0 aliphatic heterocycles. The SMILES string of the molecule is CC[CH]=[Zr]([Cl])([Cl])([CH]1C=CCC1)[CH]1C=Cc2ccccc21. The summed E-state index contributed by atoms with van der Waals surface area (Å²) in [5.41, 5.74) is 2.61. The molecule has 106 valence electrons. The van der Waals surface area contributed by atoms with Crippen molar-refractivity contribution in [1.82, 2.24) is 0 Å². The molecule has 2 aliphatic rings. The van der Waals surface area contributed by atoms with E-state index in [2.05, 4.69) is 59.2 Å². The first-order valence-electron chi connectivity index (χ1n) is 7.41. The molecular formula is C17H20Cl2Zr. The molecule has 0 saturated heterocycles. The van der Waals surface area contributed by atoms with Crippen LogP contribution in [-0.4, -0.2) is 3.71 Å². The third-order valence-electron chi connectivity index (χ3n) is 4.71. The van der Waals surface area contributed by atoms with Crippen LogP contribution < -0.4 is 0 Å². The molecule has 2 unspecified atom stereocenters. The molecule has 1 aromatic rings. The number of hydrogen-bond acceptors (Lipinski definition) is 0. The summed E-state index contributed by atoms with van der Waals surface area (Å²) in [5.74, 6) is 0. The molecule has 3 heteroatoms. The number of hydrogen-bond donors (Lipinski definition) is 0. The molecule has 20 heavy (non-hydrogen) atoms. The first kappa shape index (κ1) is 14.9. The fraction of sp³-hybridized carbons (Fsp3) is 0.353. The monoisotopic (exact) mass is 384 g/mol. The average Bonchev–Trinajstić information content (AvgIpc) is 3.09. The zero-order valence-corrected chi connectivity index (χ0v) is 15.7. The van der Waals surface area contributed by atoms with E-state index in [1.54, 1.807) is 0 Å². The Morgan fingerprint density at radius 3 is 2.75 bits per heavy atom. The van der Waals surface area contributed by atoms with Crippen molar-refractivity contribution < 1.29 is 15.9 Å². The Morgan fingerprint density at radius 1 is 1.25 bits per heavy atom. The molecule has 0 radical (unpaired) electrons. The molecule has 0 N–H and O–H groups in total. The molecular weight excluding hydrogens is 366 g/mol. The second-order valence-corrected chi connectivity index (χ2v) is 27.4. The molecule has 0 spiro atoms. The standard InChI is InChI=1S/C9H7.C5H7.C3H6.2ClH.Zr/c1-2-5-9-7-3-6-8(9)4-1;1-2-4-5-3-1;1-3-2;;;/h1-7H;1-3H,4-5H2;1H,3H2,2H3;2*1H;/q;;;;;+2/p-2. The summed E-state index contributed by atoms with van der Waals surface area (Å²) in [7, 11) is 14.7. The molecule has 0 amide bonds. The van der Waals surface area contributed by atoms with Crippen molar-refractivity contribution in [3.63, 3.8) is 0 Å². The van der Waals surface area contributed by atoms with Crippen LogP contribution in [0.5, 0.6) is 0 Å². The molecule has 2 atom stereocenters. The van der Waals surface area contributed by atoms with Crippen LogP contribution in [0, 0.1) is 0 Å². The number of halogens is 2. The van der Waals surface area contributed by atoms with E-state index in [1.807, 2.05) is 0 Å². The third-order valence-corrected chi connectivity index (χ3v) is 24.4. The number of fused-ring (bicyclic) bond motifs is 1. The van der Waals surface area contributed by atoms with Crippen LogP contribution in [0.25, 0.3) is 6.08 Å². The predicted octanol–water partition coefficient (Wildman–Crippen LogP) is 6.10. The molecule has 0 bridgehead atoms. The summed E-state index contributed by atoms with van der Waals surface area (Å²) in [6.45, 7) is 2.15. The normalized spacial score (nSPS) is 25.0. The maximum atomic E-state index is 7.35. The van der Waals surface area contributed by atoms with E-state index in [0.717, 1.165) is 19.3 Å². The van der Waals surface area contributed by atoms with Crippen molar-refractivity contribution in [3.8, 4) is 0 Å². The Labute approximate surface area is 129 Å². The molecule has 0 heterocycles. The van der Waals surface area contributed by atoms with Gasteiger partial charge < -0.3 is 0 Å². The van der Waals surface area contributed by atoms with Crippen LogP contribution in [0.1, 0.15) is 40.9 Å². The van der Waals surface area contributed by atoms with Crippen molar-refractivity contribution in [1.29, 1.82) is 0 Å². The molecule has 2 aliphatic carbocycles.